The van der Waals surface area contributed by atoms with Crippen molar-refractivity contribution >= 4 is 11.8 Å². The summed E-state index contributed by atoms with van der Waals surface area (Å²) in [7, 11) is 1.93. The molecule has 6 N–H and O–H groups in total. The van der Waals surface area contributed by atoms with Gasteiger partial charge in [-0.1, -0.05) is 6.92 Å². The molecule has 0 bridgehead atoms. The Hall–Kier alpha value is -1.18. The van der Waals surface area contributed by atoms with Crippen LogP contribution in [-0.2, 0) is 9.59 Å². The highest BCUT2D eigenvalue weighted by Crippen LogP contribution is 2.21. The normalized spacial score (nSPS) is 15.2. The standard InChI is InChI=1S/C22H47N5O2/c1-10-22(8,16-20(4,5)24)26-18(29)12-14-27(9)13-11-17(28)25-21(6,7)15-19(2,3)23/h10-16,23-24H2,1-9H3,(H,25,28)(H,26,29). The van der Waals surface area contributed by atoms with E-state index >= 15 is 0 Å². The Morgan fingerprint density at radius 1 is 0.793 bits per heavy atom. The van der Waals surface area contributed by atoms with Gasteiger partial charge in [0.25, 0.3) is 0 Å². The molecule has 0 aromatic rings. The molecule has 1 atom stereocenters. The van der Waals surface area contributed by atoms with Gasteiger partial charge in [-0.3, -0.25) is 9.59 Å². The molecule has 0 spiro atoms. The Morgan fingerprint density at radius 2 is 1.21 bits per heavy atom. The minimum atomic E-state index is -0.352. The average Bonchev–Trinajstić information content (AvgIpc) is 2.46. The lowest BCUT2D eigenvalue weighted by Crippen LogP contribution is -2.52. The third-order valence-corrected chi connectivity index (χ3v) is 4.88. The van der Waals surface area contributed by atoms with Crippen molar-refractivity contribution in [3.05, 3.63) is 0 Å². The summed E-state index contributed by atoms with van der Waals surface area (Å²) in [6.07, 6.45) is 3.02. The molecule has 0 aromatic heterocycles. The van der Waals surface area contributed by atoms with Gasteiger partial charge in [-0.05, 0) is 74.8 Å². The molecule has 0 aliphatic heterocycles. The third kappa shape index (κ3) is 14.4. The summed E-state index contributed by atoms with van der Waals surface area (Å²) in [5.41, 5.74) is 10.9. The first-order valence-corrected chi connectivity index (χ1v) is 10.7. The summed E-state index contributed by atoms with van der Waals surface area (Å²) in [6, 6.07) is 0. The lowest BCUT2D eigenvalue weighted by Gasteiger charge is -2.36. The fourth-order valence-corrected chi connectivity index (χ4v) is 3.98. The first kappa shape index (κ1) is 27.8. The molecule has 29 heavy (non-hydrogen) atoms. The number of carbonyl (C=O) groups is 2. The van der Waals surface area contributed by atoms with Crippen molar-refractivity contribution in [1.82, 2.24) is 15.5 Å². The second-order valence-corrected chi connectivity index (χ2v) is 11.0. The molecule has 0 saturated heterocycles. The first-order valence-electron chi connectivity index (χ1n) is 10.7. The van der Waals surface area contributed by atoms with Gasteiger partial charge in [0.1, 0.15) is 0 Å². The maximum absolute atomic E-state index is 12.4. The van der Waals surface area contributed by atoms with Crippen LogP contribution in [0, 0.1) is 0 Å². The number of hydrogen-bond acceptors (Lipinski definition) is 5. The lowest BCUT2D eigenvalue weighted by molar-refractivity contribution is -0.123. The summed E-state index contributed by atoms with van der Waals surface area (Å²) in [6.45, 7) is 17.1. The van der Waals surface area contributed by atoms with E-state index in [0.717, 1.165) is 6.42 Å². The van der Waals surface area contributed by atoms with Crippen molar-refractivity contribution in [2.24, 2.45) is 11.5 Å². The van der Waals surface area contributed by atoms with E-state index in [-0.39, 0.29) is 34.0 Å². The van der Waals surface area contributed by atoms with E-state index in [2.05, 4.69) is 17.6 Å². The third-order valence-electron chi connectivity index (χ3n) is 4.88. The largest absolute Gasteiger partial charge is 0.351 e. The summed E-state index contributed by atoms with van der Waals surface area (Å²) < 4.78 is 0. The van der Waals surface area contributed by atoms with Crippen molar-refractivity contribution < 1.29 is 9.59 Å². The molecule has 172 valence electrons. The second kappa shape index (κ2) is 10.7. The van der Waals surface area contributed by atoms with Gasteiger partial charge >= 0.3 is 0 Å². The van der Waals surface area contributed by atoms with Crippen LogP contribution in [0.2, 0.25) is 0 Å². The molecule has 0 fully saturated rings. The molecule has 2 amide bonds. The number of nitrogens with zero attached hydrogens (tertiary/aromatic N) is 1. The molecule has 0 heterocycles. The van der Waals surface area contributed by atoms with Crippen LogP contribution in [0.4, 0.5) is 0 Å². The zero-order chi connectivity index (χ0) is 23.1. The fraction of sp³-hybridized carbons (Fsp3) is 0.909. The molecule has 1 unspecified atom stereocenters. The average molecular weight is 414 g/mol. The number of nitrogens with two attached hydrogens (primary N) is 2. The molecule has 0 aliphatic rings. The lowest BCUT2D eigenvalue weighted by atomic mass is 9.84. The van der Waals surface area contributed by atoms with Crippen molar-refractivity contribution in [2.75, 3.05) is 20.1 Å². The first-order chi connectivity index (χ1) is 12.9. The SMILES string of the molecule is CCC(C)(CC(C)(C)N)NC(=O)CCN(C)CCC(=O)NC(C)(C)CC(C)(C)N. The van der Waals surface area contributed by atoms with Crippen molar-refractivity contribution in [3.63, 3.8) is 0 Å². The smallest absolute Gasteiger partial charge is 0.221 e. The van der Waals surface area contributed by atoms with Gasteiger partial charge in [0.05, 0.1) is 0 Å². The van der Waals surface area contributed by atoms with Crippen LogP contribution < -0.4 is 22.1 Å². The number of hydrogen-bond donors (Lipinski definition) is 4. The summed E-state index contributed by atoms with van der Waals surface area (Å²) >= 11 is 0. The Labute approximate surface area is 178 Å². The predicted octanol–water partition coefficient (Wildman–Crippen LogP) is 2.13. The Bertz CT molecular complexity index is 534. The number of amides is 2. The predicted molar refractivity (Wildman–Crippen MR) is 122 cm³/mol. The Kier molecular flexibility index (Phi) is 10.3. The maximum Gasteiger partial charge on any atom is 0.221 e. The van der Waals surface area contributed by atoms with Crippen LogP contribution in [0.15, 0.2) is 0 Å². The Balaban J connectivity index is 4.37. The van der Waals surface area contributed by atoms with Gasteiger partial charge in [0, 0.05) is 48.1 Å². The minimum absolute atomic E-state index is 0.000660. The van der Waals surface area contributed by atoms with Gasteiger partial charge in [-0.25, -0.2) is 0 Å². The Morgan fingerprint density at radius 3 is 1.59 bits per heavy atom. The molecule has 0 radical (unpaired) electrons. The van der Waals surface area contributed by atoms with Crippen LogP contribution in [-0.4, -0.2) is 59.0 Å². The monoisotopic (exact) mass is 413 g/mol. The van der Waals surface area contributed by atoms with Crippen LogP contribution in [0.1, 0.15) is 87.5 Å². The van der Waals surface area contributed by atoms with E-state index in [1.165, 1.54) is 0 Å². The summed E-state index contributed by atoms with van der Waals surface area (Å²) in [4.78, 5) is 26.7. The maximum atomic E-state index is 12.4. The van der Waals surface area contributed by atoms with E-state index in [4.69, 9.17) is 11.5 Å². The van der Waals surface area contributed by atoms with Gasteiger partial charge in [-0.2, -0.15) is 0 Å². The van der Waals surface area contributed by atoms with Crippen LogP contribution in [0.25, 0.3) is 0 Å². The van der Waals surface area contributed by atoms with E-state index in [9.17, 15) is 9.59 Å². The molecule has 7 heteroatoms. The molecular formula is C22H47N5O2. The van der Waals surface area contributed by atoms with Crippen LogP contribution in [0.5, 0.6) is 0 Å². The highest BCUT2D eigenvalue weighted by Gasteiger charge is 2.30. The highest BCUT2D eigenvalue weighted by atomic mass is 16.2. The number of carbonyl (C=O) groups excluding carboxylic acids is 2. The van der Waals surface area contributed by atoms with Gasteiger partial charge in [0.15, 0.2) is 0 Å². The van der Waals surface area contributed by atoms with E-state index < -0.39 is 0 Å². The molecule has 7 nitrogen and oxygen atoms in total. The zero-order valence-corrected chi connectivity index (χ0v) is 20.4. The quantitative estimate of drug-likeness (QED) is 0.369. The van der Waals surface area contributed by atoms with Crippen molar-refractivity contribution in [2.45, 2.75) is 110 Å². The number of nitrogens with one attached hydrogen (secondary N) is 2. The topological polar surface area (TPSA) is 113 Å². The molecule has 0 aliphatic carbocycles. The van der Waals surface area contributed by atoms with E-state index in [1.54, 1.807) is 0 Å². The zero-order valence-electron chi connectivity index (χ0n) is 20.4. The van der Waals surface area contributed by atoms with Crippen LogP contribution >= 0.6 is 0 Å². The van der Waals surface area contributed by atoms with Crippen LogP contribution in [0.3, 0.4) is 0 Å². The van der Waals surface area contributed by atoms with Crippen molar-refractivity contribution in [3.8, 4) is 0 Å². The summed E-state index contributed by atoms with van der Waals surface area (Å²) in [5, 5.41) is 6.19. The van der Waals surface area contributed by atoms with E-state index in [1.807, 2.05) is 60.4 Å². The molecule has 0 saturated carbocycles. The minimum Gasteiger partial charge on any atom is -0.351 e. The molecule has 0 aromatic carbocycles. The van der Waals surface area contributed by atoms with E-state index in [0.29, 0.717) is 38.8 Å². The van der Waals surface area contributed by atoms with Crippen molar-refractivity contribution in [1.29, 1.82) is 0 Å². The number of rotatable bonds is 13. The fourth-order valence-electron chi connectivity index (χ4n) is 3.98. The van der Waals surface area contributed by atoms with Gasteiger partial charge < -0.3 is 27.0 Å². The highest BCUT2D eigenvalue weighted by molar-refractivity contribution is 5.77. The van der Waals surface area contributed by atoms with Gasteiger partial charge in [-0.15, -0.1) is 0 Å². The van der Waals surface area contributed by atoms with Gasteiger partial charge in [0.2, 0.25) is 11.8 Å². The second-order valence-electron chi connectivity index (χ2n) is 11.0. The molecule has 0 rings (SSSR count). The molecular weight excluding hydrogens is 366 g/mol. The summed E-state index contributed by atoms with van der Waals surface area (Å²) in [5.74, 6) is 0.0144.